The van der Waals surface area contributed by atoms with Crippen LogP contribution in [0.15, 0.2) is 24.3 Å². The minimum Gasteiger partial charge on any atom is -0.479 e. The van der Waals surface area contributed by atoms with E-state index in [9.17, 15) is 14.7 Å². The fourth-order valence-electron chi connectivity index (χ4n) is 1.26. The zero-order valence-electron chi connectivity index (χ0n) is 9.42. The van der Waals surface area contributed by atoms with Gasteiger partial charge in [-0.15, -0.1) is 0 Å². The van der Waals surface area contributed by atoms with Crippen molar-refractivity contribution in [2.75, 3.05) is 6.61 Å². The molecule has 5 heteroatoms. The molecule has 0 aliphatic rings. The average molecular weight is 238 g/mol. The number of carbonyl (C=O) groups is 2. The normalized spacial score (nSPS) is 11.9. The van der Waals surface area contributed by atoms with Gasteiger partial charge in [-0.1, -0.05) is 19.1 Å². The zero-order valence-corrected chi connectivity index (χ0v) is 9.42. The highest BCUT2D eigenvalue weighted by molar-refractivity contribution is 5.90. The third-order valence-corrected chi connectivity index (χ3v) is 2.11. The molecular weight excluding hydrogens is 224 g/mol. The van der Waals surface area contributed by atoms with Crippen LogP contribution in [0.25, 0.3) is 0 Å². The number of benzene rings is 1. The summed E-state index contributed by atoms with van der Waals surface area (Å²) in [6, 6.07) is 5.77. The molecule has 17 heavy (non-hydrogen) atoms. The maximum Gasteiger partial charge on any atom is 0.338 e. The summed E-state index contributed by atoms with van der Waals surface area (Å²) in [6.07, 6.45) is -0.919. The zero-order chi connectivity index (χ0) is 12.8. The van der Waals surface area contributed by atoms with Crippen molar-refractivity contribution in [1.82, 2.24) is 0 Å². The maximum absolute atomic E-state index is 11.5. The molecule has 1 unspecified atom stereocenters. The number of esters is 1. The van der Waals surface area contributed by atoms with E-state index in [0.29, 0.717) is 13.0 Å². The van der Waals surface area contributed by atoms with E-state index >= 15 is 0 Å². The molecule has 0 saturated heterocycles. The average Bonchev–Trinajstić information content (AvgIpc) is 2.35. The van der Waals surface area contributed by atoms with E-state index in [4.69, 9.17) is 9.84 Å². The third kappa shape index (κ3) is 3.57. The summed E-state index contributed by atoms with van der Waals surface area (Å²) < 4.78 is 4.90. The predicted molar refractivity (Wildman–Crippen MR) is 59.6 cm³/mol. The van der Waals surface area contributed by atoms with Crippen molar-refractivity contribution in [3.63, 3.8) is 0 Å². The molecule has 0 aliphatic carbocycles. The van der Waals surface area contributed by atoms with E-state index < -0.39 is 18.0 Å². The van der Waals surface area contributed by atoms with Crippen LogP contribution in [0.1, 0.15) is 35.4 Å². The summed E-state index contributed by atoms with van der Waals surface area (Å²) >= 11 is 0. The Hall–Kier alpha value is -1.88. The highest BCUT2D eigenvalue weighted by atomic mass is 16.5. The number of carbonyl (C=O) groups excluding carboxylic acids is 1. The topological polar surface area (TPSA) is 83.8 Å². The molecular formula is C12H14O5. The van der Waals surface area contributed by atoms with Crippen molar-refractivity contribution in [1.29, 1.82) is 0 Å². The molecule has 5 nitrogen and oxygen atoms in total. The molecule has 0 fully saturated rings. The van der Waals surface area contributed by atoms with E-state index in [2.05, 4.69) is 0 Å². The Kier molecular flexibility index (Phi) is 4.66. The first-order valence-corrected chi connectivity index (χ1v) is 5.24. The number of aliphatic hydroxyl groups excluding tert-OH is 1. The van der Waals surface area contributed by atoms with Gasteiger partial charge in [-0.3, -0.25) is 0 Å². The Morgan fingerprint density at radius 1 is 1.41 bits per heavy atom. The number of rotatable bonds is 5. The Morgan fingerprint density at radius 2 is 2.12 bits per heavy atom. The standard InChI is InChI=1S/C12H14O5/c1-2-6-17-12(16)9-5-3-4-8(7-9)10(13)11(14)15/h3-5,7,10,13H,2,6H2,1H3,(H,14,15). The molecule has 0 aliphatic heterocycles. The molecule has 0 bridgehead atoms. The Balaban J connectivity index is 2.85. The molecule has 0 radical (unpaired) electrons. The van der Waals surface area contributed by atoms with Crippen molar-refractivity contribution in [3.05, 3.63) is 35.4 Å². The minimum absolute atomic E-state index is 0.156. The summed E-state index contributed by atoms with van der Waals surface area (Å²) in [4.78, 5) is 22.1. The summed E-state index contributed by atoms with van der Waals surface area (Å²) in [5.74, 6) is -1.88. The second-order valence-corrected chi connectivity index (χ2v) is 3.50. The minimum atomic E-state index is -1.63. The monoisotopic (exact) mass is 238 g/mol. The number of ether oxygens (including phenoxy) is 1. The van der Waals surface area contributed by atoms with E-state index in [1.165, 1.54) is 24.3 Å². The molecule has 0 spiro atoms. The van der Waals surface area contributed by atoms with Crippen molar-refractivity contribution in [3.8, 4) is 0 Å². The van der Waals surface area contributed by atoms with Crippen molar-refractivity contribution in [2.24, 2.45) is 0 Å². The SMILES string of the molecule is CCCOC(=O)c1cccc(C(O)C(=O)O)c1. The van der Waals surface area contributed by atoms with E-state index in [1.54, 1.807) is 0 Å². The van der Waals surface area contributed by atoms with E-state index in [1.807, 2.05) is 6.92 Å². The van der Waals surface area contributed by atoms with Crippen LogP contribution in [0.5, 0.6) is 0 Å². The van der Waals surface area contributed by atoms with Crippen LogP contribution in [0.2, 0.25) is 0 Å². The predicted octanol–water partition coefficient (Wildman–Crippen LogP) is 1.37. The summed E-state index contributed by atoms with van der Waals surface area (Å²) in [5.41, 5.74) is 0.389. The van der Waals surface area contributed by atoms with Crippen molar-refractivity contribution >= 4 is 11.9 Å². The van der Waals surface area contributed by atoms with Gasteiger partial charge in [-0.2, -0.15) is 0 Å². The van der Waals surface area contributed by atoms with Gasteiger partial charge in [0.05, 0.1) is 12.2 Å². The molecule has 0 saturated carbocycles. The van der Waals surface area contributed by atoms with Gasteiger partial charge in [0.2, 0.25) is 0 Å². The van der Waals surface area contributed by atoms with Crippen LogP contribution in [-0.2, 0) is 9.53 Å². The fourth-order valence-corrected chi connectivity index (χ4v) is 1.26. The Morgan fingerprint density at radius 3 is 2.71 bits per heavy atom. The third-order valence-electron chi connectivity index (χ3n) is 2.11. The number of carboxylic acids is 1. The summed E-state index contributed by atoms with van der Waals surface area (Å²) in [6.45, 7) is 2.18. The number of hydrogen-bond acceptors (Lipinski definition) is 4. The second-order valence-electron chi connectivity index (χ2n) is 3.50. The van der Waals surface area contributed by atoms with Gasteiger partial charge >= 0.3 is 11.9 Å². The Labute approximate surface area is 98.6 Å². The van der Waals surface area contributed by atoms with Crippen LogP contribution in [0, 0.1) is 0 Å². The lowest BCUT2D eigenvalue weighted by molar-refractivity contribution is -0.146. The maximum atomic E-state index is 11.5. The Bertz CT molecular complexity index is 413. The molecule has 1 aromatic rings. The van der Waals surface area contributed by atoms with Gasteiger partial charge in [0, 0.05) is 0 Å². The van der Waals surface area contributed by atoms with Gasteiger partial charge in [0.1, 0.15) is 0 Å². The smallest absolute Gasteiger partial charge is 0.338 e. The quantitative estimate of drug-likeness (QED) is 0.757. The number of aliphatic hydroxyl groups is 1. The lowest BCUT2D eigenvalue weighted by Gasteiger charge is -2.08. The first kappa shape index (κ1) is 13.2. The van der Waals surface area contributed by atoms with Crippen LogP contribution < -0.4 is 0 Å². The van der Waals surface area contributed by atoms with E-state index in [-0.39, 0.29) is 11.1 Å². The molecule has 92 valence electrons. The highest BCUT2D eigenvalue weighted by Gasteiger charge is 2.17. The number of carboxylic acid groups (broad SMARTS) is 1. The highest BCUT2D eigenvalue weighted by Crippen LogP contribution is 2.15. The van der Waals surface area contributed by atoms with Gasteiger partial charge < -0.3 is 14.9 Å². The van der Waals surface area contributed by atoms with E-state index in [0.717, 1.165) is 0 Å². The molecule has 0 aromatic heterocycles. The second kappa shape index (κ2) is 6.00. The lowest BCUT2D eigenvalue weighted by Crippen LogP contribution is -2.12. The van der Waals surface area contributed by atoms with Crippen LogP contribution in [0.4, 0.5) is 0 Å². The van der Waals surface area contributed by atoms with Crippen LogP contribution >= 0.6 is 0 Å². The van der Waals surface area contributed by atoms with Gasteiger partial charge in [-0.25, -0.2) is 9.59 Å². The largest absolute Gasteiger partial charge is 0.479 e. The molecule has 1 rings (SSSR count). The van der Waals surface area contributed by atoms with Crippen LogP contribution in [0.3, 0.4) is 0 Å². The van der Waals surface area contributed by atoms with Gasteiger partial charge in [0.25, 0.3) is 0 Å². The van der Waals surface area contributed by atoms with Gasteiger partial charge in [-0.05, 0) is 24.1 Å². The summed E-state index contributed by atoms with van der Waals surface area (Å²) in [5, 5.41) is 18.0. The first-order chi connectivity index (χ1) is 8.06. The number of hydrogen-bond donors (Lipinski definition) is 2. The lowest BCUT2D eigenvalue weighted by atomic mass is 10.1. The van der Waals surface area contributed by atoms with Crippen LogP contribution in [-0.4, -0.2) is 28.8 Å². The molecule has 0 heterocycles. The molecule has 1 aromatic carbocycles. The summed E-state index contributed by atoms with van der Waals surface area (Å²) in [7, 11) is 0. The van der Waals surface area contributed by atoms with Gasteiger partial charge in [0.15, 0.2) is 6.10 Å². The molecule has 1 atom stereocenters. The van der Waals surface area contributed by atoms with Crippen molar-refractivity contribution < 1.29 is 24.5 Å². The van der Waals surface area contributed by atoms with Crippen molar-refractivity contribution in [2.45, 2.75) is 19.4 Å². The molecule has 2 N–H and O–H groups in total. The first-order valence-electron chi connectivity index (χ1n) is 5.24. The fraction of sp³-hybridized carbons (Fsp3) is 0.333. The number of aliphatic carboxylic acids is 1. The molecule has 0 amide bonds.